The van der Waals surface area contributed by atoms with Gasteiger partial charge in [0.05, 0.1) is 0 Å². The van der Waals surface area contributed by atoms with E-state index in [-0.39, 0.29) is 23.3 Å². The molecule has 0 aliphatic heterocycles. The van der Waals surface area contributed by atoms with Crippen LogP contribution in [0, 0.1) is 12.8 Å². The smallest absolute Gasteiger partial charge is 0.223 e. The fourth-order valence-corrected chi connectivity index (χ4v) is 4.43. The van der Waals surface area contributed by atoms with Crippen LogP contribution in [0.2, 0.25) is 0 Å². The number of nitrogens with one attached hydrogen (secondary N) is 1. The Balaban J connectivity index is 1.71. The average molecular weight is 314 g/mol. The van der Waals surface area contributed by atoms with Crippen molar-refractivity contribution in [2.75, 3.05) is 6.54 Å². The summed E-state index contributed by atoms with van der Waals surface area (Å²) in [6.45, 7) is 2.93. The largest absolute Gasteiger partial charge is 0.355 e. The van der Waals surface area contributed by atoms with Gasteiger partial charge in [-0.1, -0.05) is 49.1 Å². The van der Waals surface area contributed by atoms with Crippen molar-refractivity contribution in [2.45, 2.75) is 69.7 Å². The van der Waals surface area contributed by atoms with Crippen LogP contribution in [0.15, 0.2) is 24.3 Å². The van der Waals surface area contributed by atoms with Gasteiger partial charge in [0, 0.05) is 23.9 Å². The Morgan fingerprint density at radius 3 is 2.70 bits per heavy atom. The minimum absolute atomic E-state index is 0.126. The normalized spacial score (nSPS) is 26.9. The van der Waals surface area contributed by atoms with Gasteiger partial charge >= 0.3 is 0 Å². The molecule has 0 aromatic heterocycles. The summed E-state index contributed by atoms with van der Waals surface area (Å²) in [5.74, 6) is 0.346. The Kier molecular flexibility index (Phi) is 5.05. The van der Waals surface area contributed by atoms with Crippen LogP contribution in [0.1, 0.15) is 62.5 Å². The highest BCUT2D eigenvalue weighted by Crippen LogP contribution is 2.39. The summed E-state index contributed by atoms with van der Waals surface area (Å²) < 4.78 is 0. The van der Waals surface area contributed by atoms with Crippen molar-refractivity contribution in [3.63, 3.8) is 0 Å². The van der Waals surface area contributed by atoms with Crippen LogP contribution < -0.4 is 11.1 Å². The number of benzene rings is 1. The van der Waals surface area contributed by atoms with Crippen LogP contribution in [0.5, 0.6) is 0 Å². The van der Waals surface area contributed by atoms with E-state index < -0.39 is 0 Å². The molecule has 0 bridgehead atoms. The molecule has 0 radical (unpaired) electrons. The molecule has 0 heterocycles. The molecule has 126 valence electrons. The predicted molar refractivity (Wildman–Crippen MR) is 94.3 cm³/mol. The second-order valence-electron chi connectivity index (χ2n) is 7.70. The Morgan fingerprint density at radius 1 is 1.26 bits per heavy atom. The lowest BCUT2D eigenvalue weighted by molar-refractivity contribution is -0.125. The first-order chi connectivity index (χ1) is 11.1. The topological polar surface area (TPSA) is 55.1 Å². The Labute approximate surface area is 140 Å². The van der Waals surface area contributed by atoms with Crippen molar-refractivity contribution >= 4 is 5.91 Å². The first-order valence-corrected chi connectivity index (χ1v) is 9.19. The lowest BCUT2D eigenvalue weighted by atomic mass is 9.69. The number of rotatable bonds is 4. The molecule has 1 aromatic rings. The van der Waals surface area contributed by atoms with Gasteiger partial charge in [-0.2, -0.15) is 0 Å². The van der Waals surface area contributed by atoms with Gasteiger partial charge in [0.2, 0.25) is 5.91 Å². The predicted octanol–water partition coefficient (Wildman–Crippen LogP) is 3.44. The van der Waals surface area contributed by atoms with Crippen LogP contribution in [0.3, 0.4) is 0 Å². The zero-order valence-electron chi connectivity index (χ0n) is 14.3. The summed E-state index contributed by atoms with van der Waals surface area (Å²) in [7, 11) is 0. The zero-order chi connectivity index (χ0) is 16.3. The molecule has 2 unspecified atom stereocenters. The zero-order valence-corrected chi connectivity index (χ0v) is 14.3. The average Bonchev–Trinajstić information content (AvgIpc) is 3.00. The summed E-state index contributed by atoms with van der Waals surface area (Å²) in [5, 5.41) is 3.28. The Hall–Kier alpha value is -1.35. The molecule has 3 nitrogen and oxygen atoms in total. The molecule has 2 aliphatic carbocycles. The van der Waals surface area contributed by atoms with E-state index in [9.17, 15) is 4.79 Å². The first kappa shape index (κ1) is 16.5. The molecule has 2 saturated carbocycles. The third kappa shape index (κ3) is 3.77. The highest BCUT2D eigenvalue weighted by atomic mass is 16.1. The van der Waals surface area contributed by atoms with E-state index in [2.05, 4.69) is 36.5 Å². The minimum atomic E-state index is 0.126. The SMILES string of the molecule is Cc1cccc(C2(CNC(=O)C3CCC(N)C3)CCCCC2)c1. The molecule has 3 heteroatoms. The Bertz CT molecular complexity index is 548. The van der Waals surface area contributed by atoms with Crippen molar-refractivity contribution in [3.8, 4) is 0 Å². The number of hydrogen-bond donors (Lipinski definition) is 2. The molecule has 2 atom stereocenters. The first-order valence-electron chi connectivity index (χ1n) is 9.19. The minimum Gasteiger partial charge on any atom is -0.355 e. The number of hydrogen-bond acceptors (Lipinski definition) is 2. The van der Waals surface area contributed by atoms with Crippen LogP contribution in [-0.4, -0.2) is 18.5 Å². The lowest BCUT2D eigenvalue weighted by Gasteiger charge is -2.38. The fraction of sp³-hybridized carbons (Fsp3) is 0.650. The maximum atomic E-state index is 12.5. The molecule has 1 aromatic carbocycles. The number of carbonyl (C=O) groups is 1. The van der Waals surface area contributed by atoms with Gasteiger partial charge < -0.3 is 11.1 Å². The van der Waals surface area contributed by atoms with E-state index in [1.54, 1.807) is 0 Å². The van der Waals surface area contributed by atoms with Gasteiger partial charge in [-0.25, -0.2) is 0 Å². The van der Waals surface area contributed by atoms with Gasteiger partial charge in [-0.05, 0) is 44.6 Å². The summed E-state index contributed by atoms with van der Waals surface area (Å²) in [6, 6.07) is 9.07. The van der Waals surface area contributed by atoms with E-state index in [4.69, 9.17) is 5.73 Å². The molecule has 2 aliphatic rings. The summed E-state index contributed by atoms with van der Waals surface area (Å²) >= 11 is 0. The highest BCUT2D eigenvalue weighted by molar-refractivity contribution is 5.79. The number of nitrogens with two attached hydrogens (primary N) is 1. The molecule has 23 heavy (non-hydrogen) atoms. The van der Waals surface area contributed by atoms with Gasteiger partial charge in [-0.15, -0.1) is 0 Å². The maximum Gasteiger partial charge on any atom is 0.223 e. The molecule has 2 fully saturated rings. The van der Waals surface area contributed by atoms with Crippen molar-refractivity contribution in [2.24, 2.45) is 11.7 Å². The van der Waals surface area contributed by atoms with Crippen LogP contribution in [0.25, 0.3) is 0 Å². The van der Waals surface area contributed by atoms with Gasteiger partial charge in [0.25, 0.3) is 0 Å². The summed E-state index contributed by atoms with van der Waals surface area (Å²) in [5.41, 5.74) is 8.79. The number of aryl methyl sites for hydroxylation is 1. The van der Waals surface area contributed by atoms with Crippen molar-refractivity contribution < 1.29 is 4.79 Å². The van der Waals surface area contributed by atoms with Crippen LogP contribution in [0.4, 0.5) is 0 Å². The summed E-state index contributed by atoms with van der Waals surface area (Å²) in [6.07, 6.45) is 8.99. The van der Waals surface area contributed by atoms with E-state index in [0.29, 0.717) is 0 Å². The van der Waals surface area contributed by atoms with Crippen molar-refractivity contribution in [1.82, 2.24) is 5.32 Å². The standard InChI is InChI=1S/C20H30N2O/c1-15-6-5-7-17(12-15)20(10-3-2-4-11-20)14-22-19(23)16-8-9-18(21)13-16/h5-7,12,16,18H,2-4,8-11,13-14,21H2,1H3,(H,22,23). The lowest BCUT2D eigenvalue weighted by Crippen LogP contribution is -2.44. The molecule has 3 N–H and O–H groups in total. The quantitative estimate of drug-likeness (QED) is 0.894. The van der Waals surface area contributed by atoms with Crippen LogP contribution >= 0.6 is 0 Å². The van der Waals surface area contributed by atoms with Gasteiger partial charge in [-0.3, -0.25) is 4.79 Å². The van der Waals surface area contributed by atoms with Crippen molar-refractivity contribution in [1.29, 1.82) is 0 Å². The molecule has 3 rings (SSSR count). The molecule has 0 saturated heterocycles. The molecular weight excluding hydrogens is 284 g/mol. The van der Waals surface area contributed by atoms with Gasteiger partial charge in [0.1, 0.15) is 0 Å². The number of amides is 1. The van der Waals surface area contributed by atoms with E-state index in [1.807, 2.05) is 0 Å². The highest BCUT2D eigenvalue weighted by Gasteiger charge is 2.35. The molecule has 0 spiro atoms. The van der Waals surface area contributed by atoms with E-state index >= 15 is 0 Å². The second-order valence-corrected chi connectivity index (χ2v) is 7.70. The van der Waals surface area contributed by atoms with E-state index in [1.165, 1.54) is 43.2 Å². The number of carbonyl (C=O) groups excluding carboxylic acids is 1. The van der Waals surface area contributed by atoms with Crippen LogP contribution in [-0.2, 0) is 10.2 Å². The second kappa shape index (κ2) is 7.04. The third-order valence-corrected chi connectivity index (χ3v) is 5.89. The van der Waals surface area contributed by atoms with E-state index in [0.717, 1.165) is 25.8 Å². The third-order valence-electron chi connectivity index (χ3n) is 5.89. The van der Waals surface area contributed by atoms with Crippen molar-refractivity contribution in [3.05, 3.63) is 35.4 Å². The Morgan fingerprint density at radius 2 is 2.04 bits per heavy atom. The molecule has 1 amide bonds. The maximum absolute atomic E-state index is 12.5. The summed E-state index contributed by atoms with van der Waals surface area (Å²) in [4.78, 5) is 12.5. The van der Waals surface area contributed by atoms with Gasteiger partial charge in [0.15, 0.2) is 0 Å². The molecular formula is C20H30N2O. The fourth-order valence-electron chi connectivity index (χ4n) is 4.43. The monoisotopic (exact) mass is 314 g/mol.